The van der Waals surface area contributed by atoms with Crippen molar-refractivity contribution in [1.82, 2.24) is 0 Å². The van der Waals surface area contributed by atoms with Gasteiger partial charge in [0.1, 0.15) is 0 Å². The van der Waals surface area contributed by atoms with Crippen molar-refractivity contribution < 1.29 is 14.6 Å². The number of fused-ring (bicyclic) bond motifs is 2. The van der Waals surface area contributed by atoms with Crippen molar-refractivity contribution in [1.29, 1.82) is 0 Å². The first kappa shape index (κ1) is 10.7. The highest BCUT2D eigenvalue weighted by molar-refractivity contribution is 5.74. The summed E-state index contributed by atoms with van der Waals surface area (Å²) >= 11 is 0. The third kappa shape index (κ3) is 2.23. The Labute approximate surface area is 90.1 Å². The zero-order chi connectivity index (χ0) is 10.8. The summed E-state index contributed by atoms with van der Waals surface area (Å²) in [5.41, 5.74) is 0. The molecule has 0 amide bonds. The van der Waals surface area contributed by atoms with Crippen LogP contribution in [0.3, 0.4) is 0 Å². The summed E-state index contributed by atoms with van der Waals surface area (Å²) in [5, 5.41) is 8.59. The van der Waals surface area contributed by atoms with Crippen LogP contribution >= 0.6 is 0 Å². The highest BCUT2D eigenvalue weighted by Crippen LogP contribution is 2.43. The molecule has 1 N–H and O–H groups in total. The molecule has 2 aliphatic rings. The van der Waals surface area contributed by atoms with Crippen molar-refractivity contribution in [3.63, 3.8) is 0 Å². The van der Waals surface area contributed by atoms with Crippen molar-refractivity contribution in [2.24, 2.45) is 17.8 Å². The van der Waals surface area contributed by atoms with Gasteiger partial charge in [0.25, 0.3) is 0 Å². The largest absolute Gasteiger partial charge is 0.566 e. The average Bonchev–Trinajstić information content (AvgIpc) is 2.78. The summed E-state index contributed by atoms with van der Waals surface area (Å²) in [6.45, 7) is 2.84. The molecule has 0 aromatic rings. The lowest BCUT2D eigenvalue weighted by molar-refractivity contribution is -0.154. The lowest BCUT2D eigenvalue weighted by atomic mass is 9.94. The lowest BCUT2D eigenvalue weighted by Gasteiger charge is -2.21. The van der Waals surface area contributed by atoms with Crippen LogP contribution in [-0.4, -0.2) is 17.2 Å². The molecular weight excluding hydrogens is 192 g/mol. The first-order valence-corrected chi connectivity index (χ1v) is 5.55. The van der Waals surface area contributed by atoms with Crippen molar-refractivity contribution >= 4 is 5.97 Å². The Morgan fingerprint density at radius 3 is 2.93 bits per heavy atom. The standard InChI is InChI=1S/C12H17O3/c1-8(4-5-13)15-12(14)11-7-9-2-3-10(11)6-9/h2-3,5,8-11,13H,4,6-7H2,1H3/q-1. The van der Waals surface area contributed by atoms with Gasteiger partial charge >= 0.3 is 5.97 Å². The fraction of sp³-hybridized carbons (Fsp3) is 0.667. The average molecular weight is 209 g/mol. The molecule has 2 rings (SSSR count). The van der Waals surface area contributed by atoms with Crippen LogP contribution in [0.4, 0.5) is 0 Å². The predicted molar refractivity (Wildman–Crippen MR) is 55.3 cm³/mol. The third-order valence-corrected chi connectivity index (χ3v) is 3.34. The summed E-state index contributed by atoms with van der Waals surface area (Å²) in [6, 6.07) is 0. The summed E-state index contributed by atoms with van der Waals surface area (Å²) in [4.78, 5) is 11.8. The minimum absolute atomic E-state index is 0.0566. The number of rotatable bonds is 4. The molecule has 15 heavy (non-hydrogen) atoms. The van der Waals surface area contributed by atoms with E-state index in [9.17, 15) is 4.79 Å². The second-order valence-corrected chi connectivity index (χ2v) is 4.55. The van der Waals surface area contributed by atoms with Crippen LogP contribution in [0.25, 0.3) is 0 Å². The Morgan fingerprint density at radius 1 is 1.60 bits per heavy atom. The van der Waals surface area contributed by atoms with E-state index in [4.69, 9.17) is 9.84 Å². The second kappa shape index (κ2) is 4.35. The Kier molecular flexibility index (Phi) is 3.10. The van der Waals surface area contributed by atoms with E-state index in [1.807, 2.05) is 0 Å². The van der Waals surface area contributed by atoms with Crippen molar-refractivity contribution in [3.8, 4) is 0 Å². The minimum atomic E-state index is -0.217. The lowest BCUT2D eigenvalue weighted by Crippen LogP contribution is -2.25. The van der Waals surface area contributed by atoms with Crippen LogP contribution < -0.4 is 0 Å². The molecule has 0 saturated heterocycles. The van der Waals surface area contributed by atoms with Crippen LogP contribution in [-0.2, 0) is 9.53 Å². The maximum absolute atomic E-state index is 11.8. The number of carbonyl (C=O) groups excluding carboxylic acids is 1. The fourth-order valence-corrected chi connectivity index (χ4v) is 2.53. The first-order valence-electron chi connectivity index (χ1n) is 5.55. The Balaban J connectivity index is 1.84. The molecule has 1 saturated carbocycles. The number of ether oxygens (including phenoxy) is 1. The quantitative estimate of drug-likeness (QED) is 0.438. The fourth-order valence-electron chi connectivity index (χ4n) is 2.53. The van der Waals surface area contributed by atoms with Crippen molar-refractivity contribution in [3.05, 3.63) is 18.8 Å². The molecule has 0 aromatic carbocycles. The van der Waals surface area contributed by atoms with Gasteiger partial charge in [-0.15, -0.1) is 6.42 Å². The molecule has 2 aliphatic carbocycles. The molecule has 0 aliphatic heterocycles. The van der Waals surface area contributed by atoms with Gasteiger partial charge in [-0.25, -0.2) is 6.61 Å². The van der Waals surface area contributed by atoms with Gasteiger partial charge in [0.05, 0.1) is 12.0 Å². The summed E-state index contributed by atoms with van der Waals surface area (Å²) < 4.78 is 5.26. The van der Waals surface area contributed by atoms with Gasteiger partial charge in [-0.3, -0.25) is 4.79 Å². The van der Waals surface area contributed by atoms with E-state index in [0.717, 1.165) is 19.4 Å². The molecule has 0 aromatic heterocycles. The van der Waals surface area contributed by atoms with Gasteiger partial charge in [0.2, 0.25) is 0 Å². The number of hydrogen-bond acceptors (Lipinski definition) is 3. The highest BCUT2D eigenvalue weighted by Gasteiger charge is 2.40. The monoisotopic (exact) mass is 209 g/mol. The van der Waals surface area contributed by atoms with E-state index >= 15 is 0 Å². The van der Waals surface area contributed by atoms with Crippen LogP contribution in [0.5, 0.6) is 0 Å². The zero-order valence-corrected chi connectivity index (χ0v) is 8.93. The number of aliphatic hydroxyl groups is 1. The highest BCUT2D eigenvalue weighted by atomic mass is 16.5. The summed E-state index contributed by atoms with van der Waals surface area (Å²) in [6.07, 6.45) is 6.59. The summed E-state index contributed by atoms with van der Waals surface area (Å²) in [5.74, 6) is 0.947. The molecule has 0 radical (unpaired) electrons. The van der Waals surface area contributed by atoms with Crippen LogP contribution in [0.1, 0.15) is 26.2 Å². The Hall–Kier alpha value is -0.830. The normalized spacial score (nSPS) is 34.4. The SMILES string of the molecule is CC(C[CH-]O)OC(=O)C1CC2C=CC1C2. The van der Waals surface area contributed by atoms with Crippen LogP contribution in [0.15, 0.2) is 12.2 Å². The van der Waals surface area contributed by atoms with Crippen molar-refractivity contribution in [2.75, 3.05) is 0 Å². The summed E-state index contributed by atoms with van der Waals surface area (Å²) in [7, 11) is 0. The maximum atomic E-state index is 11.8. The number of esters is 1. The van der Waals surface area contributed by atoms with Crippen LogP contribution in [0.2, 0.25) is 0 Å². The molecule has 0 heterocycles. The van der Waals surface area contributed by atoms with Gasteiger partial charge in [0.15, 0.2) is 0 Å². The van der Waals surface area contributed by atoms with Gasteiger partial charge in [0, 0.05) is 0 Å². The van der Waals surface area contributed by atoms with Crippen LogP contribution in [0, 0.1) is 24.4 Å². The van der Waals surface area contributed by atoms with E-state index in [2.05, 4.69) is 12.2 Å². The maximum Gasteiger partial charge on any atom is 0.309 e. The van der Waals surface area contributed by atoms with Gasteiger partial charge in [-0.2, -0.15) is 0 Å². The molecule has 84 valence electrons. The number of hydrogen-bond donors (Lipinski definition) is 1. The molecule has 2 bridgehead atoms. The third-order valence-electron chi connectivity index (χ3n) is 3.34. The van der Waals surface area contributed by atoms with E-state index < -0.39 is 0 Å². The molecule has 4 atom stereocenters. The zero-order valence-electron chi connectivity index (χ0n) is 8.93. The number of aliphatic hydroxyl groups excluding tert-OH is 1. The first-order chi connectivity index (χ1) is 7.20. The smallest absolute Gasteiger partial charge is 0.309 e. The molecule has 0 spiro atoms. The molecular formula is C12H17O3-. The Bertz CT molecular complexity index is 272. The van der Waals surface area contributed by atoms with E-state index in [1.54, 1.807) is 6.92 Å². The van der Waals surface area contributed by atoms with Crippen molar-refractivity contribution in [2.45, 2.75) is 32.3 Å². The van der Waals surface area contributed by atoms with E-state index in [-0.39, 0.29) is 18.0 Å². The molecule has 3 nitrogen and oxygen atoms in total. The topological polar surface area (TPSA) is 46.5 Å². The van der Waals surface area contributed by atoms with E-state index in [1.165, 1.54) is 0 Å². The second-order valence-electron chi connectivity index (χ2n) is 4.55. The van der Waals surface area contributed by atoms with E-state index in [0.29, 0.717) is 18.3 Å². The number of allylic oxidation sites excluding steroid dienone is 2. The number of carbonyl (C=O) groups is 1. The molecule has 3 heteroatoms. The predicted octanol–water partition coefficient (Wildman–Crippen LogP) is 2.05. The molecule has 1 fully saturated rings. The van der Waals surface area contributed by atoms with Gasteiger partial charge in [-0.1, -0.05) is 12.2 Å². The molecule has 4 unspecified atom stereocenters. The Morgan fingerprint density at radius 2 is 2.40 bits per heavy atom. The van der Waals surface area contributed by atoms with Gasteiger partial charge < -0.3 is 9.84 Å². The van der Waals surface area contributed by atoms with Gasteiger partial charge in [-0.05, 0) is 31.6 Å². The minimum Gasteiger partial charge on any atom is -0.566 e.